The van der Waals surface area contributed by atoms with Crippen LogP contribution >= 0.6 is 0 Å². The Bertz CT molecular complexity index is 867. The van der Waals surface area contributed by atoms with Crippen molar-refractivity contribution in [2.75, 3.05) is 32.5 Å². The molecule has 1 aliphatic rings. The predicted octanol–water partition coefficient (Wildman–Crippen LogP) is 4.11. The van der Waals surface area contributed by atoms with Gasteiger partial charge in [-0.05, 0) is 50.3 Å². The first-order valence-corrected chi connectivity index (χ1v) is 9.27. The lowest BCUT2D eigenvalue weighted by atomic mass is 10.1. The minimum absolute atomic E-state index is 0.691. The number of para-hydroxylation sites is 1. The maximum Gasteiger partial charge on any atom is 0.0722 e. The standard InChI is InChI=1S/C22H26N4/c1-25(2)19-12-14-26(16-19)15-17-7-9-18(10-8-17)24-22-11-13-23-21-6-4-3-5-20(21)22/h3-11,13,19H,12,14-16H2,1-2H3,(H,23,24). The number of benzene rings is 2. The van der Waals surface area contributed by atoms with E-state index in [-0.39, 0.29) is 0 Å². The van der Waals surface area contributed by atoms with Gasteiger partial charge < -0.3 is 10.2 Å². The molecule has 0 spiro atoms. The number of anilines is 2. The molecule has 1 unspecified atom stereocenters. The SMILES string of the molecule is CN(C)C1CCN(Cc2ccc(Nc3ccnc4ccccc34)cc2)C1. The van der Waals surface area contributed by atoms with E-state index in [2.05, 4.69) is 70.6 Å². The predicted molar refractivity (Wildman–Crippen MR) is 109 cm³/mol. The van der Waals surface area contributed by atoms with Crippen LogP contribution in [0.15, 0.2) is 60.8 Å². The molecular weight excluding hydrogens is 320 g/mol. The molecule has 26 heavy (non-hydrogen) atoms. The molecule has 2 heterocycles. The molecule has 1 saturated heterocycles. The molecule has 1 fully saturated rings. The highest BCUT2D eigenvalue weighted by Gasteiger charge is 2.23. The topological polar surface area (TPSA) is 31.4 Å². The highest BCUT2D eigenvalue weighted by atomic mass is 15.2. The summed E-state index contributed by atoms with van der Waals surface area (Å²) in [5.41, 5.74) is 4.59. The van der Waals surface area contributed by atoms with Crippen molar-refractivity contribution in [2.45, 2.75) is 19.0 Å². The van der Waals surface area contributed by atoms with E-state index in [0.717, 1.165) is 35.4 Å². The summed E-state index contributed by atoms with van der Waals surface area (Å²) in [7, 11) is 4.36. The number of aromatic nitrogens is 1. The van der Waals surface area contributed by atoms with Gasteiger partial charge in [-0.1, -0.05) is 30.3 Å². The molecule has 2 aromatic carbocycles. The number of hydrogen-bond donors (Lipinski definition) is 1. The van der Waals surface area contributed by atoms with Crippen LogP contribution < -0.4 is 5.32 Å². The monoisotopic (exact) mass is 346 g/mol. The van der Waals surface area contributed by atoms with Gasteiger partial charge in [0.1, 0.15) is 0 Å². The van der Waals surface area contributed by atoms with Crippen LogP contribution in [0.1, 0.15) is 12.0 Å². The molecule has 1 aliphatic heterocycles. The number of hydrogen-bond acceptors (Lipinski definition) is 4. The first-order chi connectivity index (χ1) is 12.7. The summed E-state index contributed by atoms with van der Waals surface area (Å²) in [4.78, 5) is 9.31. The first kappa shape index (κ1) is 17.0. The third-order valence-corrected chi connectivity index (χ3v) is 5.27. The summed E-state index contributed by atoms with van der Waals surface area (Å²) in [6.07, 6.45) is 3.12. The van der Waals surface area contributed by atoms with Gasteiger partial charge in [0.2, 0.25) is 0 Å². The lowest BCUT2D eigenvalue weighted by molar-refractivity contribution is 0.264. The van der Waals surface area contributed by atoms with Crippen LogP contribution in [0.5, 0.6) is 0 Å². The first-order valence-electron chi connectivity index (χ1n) is 9.27. The molecule has 1 atom stereocenters. The summed E-state index contributed by atoms with van der Waals surface area (Å²) in [6, 6.07) is 19.7. The molecule has 0 bridgehead atoms. The van der Waals surface area contributed by atoms with E-state index >= 15 is 0 Å². The van der Waals surface area contributed by atoms with Gasteiger partial charge in [0.15, 0.2) is 0 Å². The second kappa shape index (κ2) is 7.44. The highest BCUT2D eigenvalue weighted by molar-refractivity contribution is 5.92. The lowest BCUT2D eigenvalue weighted by Gasteiger charge is -2.20. The van der Waals surface area contributed by atoms with Crippen LogP contribution in [0.4, 0.5) is 11.4 Å². The molecule has 134 valence electrons. The van der Waals surface area contributed by atoms with Crippen LogP contribution in [0, 0.1) is 0 Å². The Balaban J connectivity index is 1.43. The molecule has 4 heteroatoms. The molecule has 4 nitrogen and oxygen atoms in total. The molecule has 1 aromatic heterocycles. The Kier molecular flexibility index (Phi) is 4.87. The van der Waals surface area contributed by atoms with E-state index in [1.165, 1.54) is 18.5 Å². The molecule has 0 saturated carbocycles. The average molecular weight is 346 g/mol. The number of nitrogens with one attached hydrogen (secondary N) is 1. The van der Waals surface area contributed by atoms with Crippen molar-refractivity contribution in [3.63, 3.8) is 0 Å². The quantitative estimate of drug-likeness (QED) is 0.753. The van der Waals surface area contributed by atoms with Crippen molar-refractivity contribution < 1.29 is 0 Å². The normalized spacial score (nSPS) is 17.9. The molecule has 3 aromatic rings. The zero-order chi connectivity index (χ0) is 17.9. The summed E-state index contributed by atoms with van der Waals surface area (Å²) in [5.74, 6) is 0. The average Bonchev–Trinajstić information content (AvgIpc) is 3.13. The Morgan fingerprint density at radius 1 is 1.08 bits per heavy atom. The summed E-state index contributed by atoms with van der Waals surface area (Å²) >= 11 is 0. The summed E-state index contributed by atoms with van der Waals surface area (Å²) < 4.78 is 0. The van der Waals surface area contributed by atoms with Crippen LogP contribution in [-0.2, 0) is 6.54 Å². The Hall–Kier alpha value is -2.43. The molecule has 4 rings (SSSR count). The van der Waals surface area contributed by atoms with Crippen molar-refractivity contribution in [1.29, 1.82) is 0 Å². The third kappa shape index (κ3) is 3.71. The number of fused-ring (bicyclic) bond motifs is 1. The number of likely N-dealkylation sites (N-methyl/N-ethyl adjacent to an activating group) is 1. The summed E-state index contributed by atoms with van der Waals surface area (Å²) in [5, 5.41) is 4.67. The molecule has 0 radical (unpaired) electrons. The number of likely N-dealkylation sites (tertiary alicyclic amines) is 1. The number of nitrogens with zero attached hydrogens (tertiary/aromatic N) is 3. The molecular formula is C22H26N4. The number of rotatable bonds is 5. The Morgan fingerprint density at radius 2 is 1.88 bits per heavy atom. The fraction of sp³-hybridized carbons (Fsp3) is 0.318. The van der Waals surface area contributed by atoms with Crippen LogP contribution in [0.3, 0.4) is 0 Å². The smallest absolute Gasteiger partial charge is 0.0722 e. The number of pyridine rings is 1. The van der Waals surface area contributed by atoms with Crippen LogP contribution in [-0.4, -0.2) is 48.0 Å². The van der Waals surface area contributed by atoms with Crippen molar-refractivity contribution in [3.8, 4) is 0 Å². The lowest BCUT2D eigenvalue weighted by Crippen LogP contribution is -2.31. The maximum absolute atomic E-state index is 4.42. The minimum atomic E-state index is 0.691. The van der Waals surface area contributed by atoms with Gasteiger partial charge in [-0.15, -0.1) is 0 Å². The van der Waals surface area contributed by atoms with Gasteiger partial charge in [0.05, 0.1) is 5.52 Å². The van der Waals surface area contributed by atoms with Gasteiger partial charge in [-0.2, -0.15) is 0 Å². The largest absolute Gasteiger partial charge is 0.355 e. The van der Waals surface area contributed by atoms with E-state index in [4.69, 9.17) is 0 Å². The third-order valence-electron chi connectivity index (χ3n) is 5.27. The van der Waals surface area contributed by atoms with E-state index in [9.17, 15) is 0 Å². The van der Waals surface area contributed by atoms with Crippen molar-refractivity contribution in [2.24, 2.45) is 0 Å². The van der Waals surface area contributed by atoms with Gasteiger partial charge in [0.25, 0.3) is 0 Å². The second-order valence-corrected chi connectivity index (χ2v) is 7.34. The summed E-state index contributed by atoms with van der Waals surface area (Å²) in [6.45, 7) is 3.38. The molecule has 1 N–H and O–H groups in total. The van der Waals surface area contributed by atoms with Gasteiger partial charge >= 0.3 is 0 Å². The Labute approximate surface area is 155 Å². The van der Waals surface area contributed by atoms with E-state index in [1.807, 2.05) is 24.4 Å². The minimum Gasteiger partial charge on any atom is -0.355 e. The molecule has 0 aliphatic carbocycles. The fourth-order valence-corrected chi connectivity index (χ4v) is 3.69. The van der Waals surface area contributed by atoms with E-state index in [1.54, 1.807) is 0 Å². The van der Waals surface area contributed by atoms with Crippen molar-refractivity contribution in [3.05, 3.63) is 66.4 Å². The van der Waals surface area contributed by atoms with Crippen LogP contribution in [0.25, 0.3) is 10.9 Å². The fourth-order valence-electron chi connectivity index (χ4n) is 3.69. The Morgan fingerprint density at radius 3 is 2.65 bits per heavy atom. The van der Waals surface area contributed by atoms with Gasteiger partial charge in [-0.3, -0.25) is 9.88 Å². The maximum atomic E-state index is 4.42. The second-order valence-electron chi connectivity index (χ2n) is 7.34. The zero-order valence-electron chi connectivity index (χ0n) is 15.5. The van der Waals surface area contributed by atoms with E-state index < -0.39 is 0 Å². The van der Waals surface area contributed by atoms with Crippen LogP contribution in [0.2, 0.25) is 0 Å². The molecule has 0 amide bonds. The van der Waals surface area contributed by atoms with E-state index in [0.29, 0.717) is 6.04 Å². The van der Waals surface area contributed by atoms with Gasteiger partial charge in [0, 0.05) is 48.6 Å². The van der Waals surface area contributed by atoms with Crippen molar-refractivity contribution in [1.82, 2.24) is 14.8 Å². The van der Waals surface area contributed by atoms with Crippen molar-refractivity contribution >= 4 is 22.3 Å². The zero-order valence-corrected chi connectivity index (χ0v) is 15.5. The highest BCUT2D eigenvalue weighted by Crippen LogP contribution is 2.25. The van der Waals surface area contributed by atoms with Gasteiger partial charge in [-0.25, -0.2) is 0 Å².